The topological polar surface area (TPSA) is 71.0 Å². The lowest BCUT2D eigenvalue weighted by molar-refractivity contribution is 0.0292. The van der Waals surface area contributed by atoms with Gasteiger partial charge in [0.25, 0.3) is 0 Å². The monoisotopic (exact) mass is 707 g/mol. The van der Waals surface area contributed by atoms with Crippen molar-refractivity contribution >= 4 is 61.3 Å². The molecular formula is C26H33BrF2IN5O3. The minimum Gasteiger partial charge on any atom is -0.461 e. The van der Waals surface area contributed by atoms with Crippen molar-refractivity contribution in [2.75, 3.05) is 44.7 Å². The number of likely N-dealkylation sites (tertiary alicyclic amines) is 1. The van der Waals surface area contributed by atoms with Crippen molar-refractivity contribution in [3.63, 3.8) is 0 Å². The second-order valence-corrected chi connectivity index (χ2v) is 13.5. The first-order valence-electron chi connectivity index (χ1n) is 12.9. The average molecular weight is 708 g/mol. The van der Waals surface area contributed by atoms with Crippen LogP contribution in [0.4, 0.5) is 19.4 Å². The van der Waals surface area contributed by atoms with E-state index in [0.29, 0.717) is 51.7 Å². The van der Waals surface area contributed by atoms with E-state index in [4.69, 9.17) is 14.5 Å². The van der Waals surface area contributed by atoms with Gasteiger partial charge in [-0.2, -0.15) is 9.97 Å². The van der Waals surface area contributed by atoms with Crippen LogP contribution in [0, 0.1) is 9.39 Å². The first kappa shape index (κ1) is 28.0. The summed E-state index contributed by atoms with van der Waals surface area (Å²) in [5, 5.41) is 0.561. The summed E-state index contributed by atoms with van der Waals surface area (Å²) in [6.07, 6.45) is 1.77. The van der Waals surface area contributed by atoms with Crippen LogP contribution in [-0.2, 0) is 4.74 Å². The normalized spacial score (nSPS) is 25.7. The van der Waals surface area contributed by atoms with E-state index in [0.717, 1.165) is 19.4 Å². The van der Waals surface area contributed by atoms with Crippen LogP contribution >= 0.6 is 38.5 Å². The number of anilines is 1. The number of halogens is 4. The minimum absolute atomic E-state index is 0.0520. The maximum absolute atomic E-state index is 15.4. The van der Waals surface area contributed by atoms with Gasteiger partial charge >= 0.3 is 12.1 Å². The van der Waals surface area contributed by atoms with E-state index in [1.165, 1.54) is 0 Å². The molecule has 8 nitrogen and oxygen atoms in total. The molecule has 38 heavy (non-hydrogen) atoms. The van der Waals surface area contributed by atoms with Crippen LogP contribution in [0.3, 0.4) is 0 Å². The molecule has 2 aromatic rings. The summed E-state index contributed by atoms with van der Waals surface area (Å²) in [6.45, 7) is 8.07. The molecule has 0 N–H and O–H groups in total. The summed E-state index contributed by atoms with van der Waals surface area (Å²) in [6, 6.07) is 1.86. The quantitative estimate of drug-likeness (QED) is 0.299. The molecule has 0 bridgehead atoms. The fourth-order valence-corrected chi connectivity index (χ4v) is 6.69. The zero-order valence-electron chi connectivity index (χ0n) is 22.1. The van der Waals surface area contributed by atoms with E-state index in [1.54, 1.807) is 4.90 Å². The number of carbonyl (C=O) groups excluding carboxylic acids is 1. The van der Waals surface area contributed by atoms with Gasteiger partial charge in [0.2, 0.25) is 0 Å². The number of hydrogen-bond donors (Lipinski definition) is 0. The molecule has 0 radical (unpaired) electrons. The van der Waals surface area contributed by atoms with Crippen molar-refractivity contribution in [2.24, 2.45) is 0 Å². The van der Waals surface area contributed by atoms with E-state index in [1.807, 2.05) is 38.8 Å². The predicted octanol–water partition coefficient (Wildman–Crippen LogP) is 5.54. The van der Waals surface area contributed by atoms with Crippen LogP contribution in [0.1, 0.15) is 46.5 Å². The van der Waals surface area contributed by atoms with Gasteiger partial charge in [0.15, 0.2) is 5.82 Å². The molecule has 3 aliphatic rings. The molecule has 12 heteroatoms. The van der Waals surface area contributed by atoms with E-state index in [-0.39, 0.29) is 35.8 Å². The Labute approximate surface area is 243 Å². The van der Waals surface area contributed by atoms with Crippen molar-refractivity contribution in [2.45, 2.75) is 69.8 Å². The third kappa shape index (κ3) is 5.41. The van der Waals surface area contributed by atoms with Crippen LogP contribution < -0.4 is 9.64 Å². The molecule has 1 amide bonds. The van der Waals surface area contributed by atoms with Gasteiger partial charge in [-0.05, 0) is 91.2 Å². The van der Waals surface area contributed by atoms with E-state index in [9.17, 15) is 9.18 Å². The summed E-state index contributed by atoms with van der Waals surface area (Å²) in [5.74, 6) is 0.0434. The summed E-state index contributed by atoms with van der Waals surface area (Å²) >= 11 is 5.41. The zero-order valence-corrected chi connectivity index (χ0v) is 25.8. The number of likely N-dealkylation sites (N-methyl/N-ethyl adjacent to an activating group) is 1. The van der Waals surface area contributed by atoms with Gasteiger partial charge in [0.1, 0.15) is 29.7 Å². The molecule has 3 fully saturated rings. The number of aromatic nitrogens is 2. The first-order valence-corrected chi connectivity index (χ1v) is 14.8. The Morgan fingerprint density at radius 1 is 1.32 bits per heavy atom. The molecule has 3 saturated heterocycles. The number of ether oxygens (including phenoxy) is 2. The van der Waals surface area contributed by atoms with Gasteiger partial charge in [-0.1, -0.05) is 0 Å². The maximum atomic E-state index is 15.4. The molecule has 0 saturated carbocycles. The number of benzene rings is 1. The van der Waals surface area contributed by atoms with Crippen LogP contribution in [0.2, 0.25) is 0 Å². The summed E-state index contributed by atoms with van der Waals surface area (Å²) in [7, 11) is 1.89. The molecule has 3 aliphatic heterocycles. The number of carbonyl (C=O) groups is 1. The number of hydrogen-bond acceptors (Lipinski definition) is 7. The summed E-state index contributed by atoms with van der Waals surface area (Å²) in [5.41, 5.74) is -0.788. The van der Waals surface area contributed by atoms with E-state index < -0.39 is 17.6 Å². The number of nitrogens with zero attached hydrogens (tertiary/aromatic N) is 5. The Morgan fingerprint density at radius 2 is 2.08 bits per heavy atom. The Balaban J connectivity index is 1.44. The number of amides is 1. The molecule has 5 rings (SSSR count). The molecule has 1 aromatic heterocycles. The van der Waals surface area contributed by atoms with Crippen LogP contribution in [-0.4, -0.2) is 89.0 Å². The molecule has 1 aromatic carbocycles. The van der Waals surface area contributed by atoms with Crippen LogP contribution in [0.5, 0.6) is 6.01 Å². The smallest absolute Gasteiger partial charge is 0.410 e. The zero-order chi connectivity index (χ0) is 27.4. The summed E-state index contributed by atoms with van der Waals surface area (Å²) < 4.78 is 42.4. The highest BCUT2D eigenvalue weighted by atomic mass is 127. The highest BCUT2D eigenvalue weighted by molar-refractivity contribution is 14.1. The minimum atomic E-state index is -0.871. The highest BCUT2D eigenvalue weighted by Crippen LogP contribution is 2.41. The largest absolute Gasteiger partial charge is 0.461 e. The second kappa shape index (κ2) is 10.5. The van der Waals surface area contributed by atoms with E-state index in [2.05, 4.69) is 48.4 Å². The standard InChI is InChI=1S/C26H33BrF2IN5O3/c1-25(2,3)38-24(36)34-9-6-16(13-34)33(4)22-17-10-18(30)19(27)20(29)21(17)31-23(32-22)37-14-26-7-5-8-35(26)12-15(28)11-26/h10,15-16H,5-9,11-14H2,1-4H3/t15-,16-,26+/m1/s1. The van der Waals surface area contributed by atoms with Gasteiger partial charge in [-0.25, -0.2) is 13.6 Å². The molecule has 0 aliphatic carbocycles. The van der Waals surface area contributed by atoms with Gasteiger partial charge in [-0.3, -0.25) is 4.90 Å². The predicted molar refractivity (Wildman–Crippen MR) is 153 cm³/mol. The summed E-state index contributed by atoms with van der Waals surface area (Å²) in [4.78, 5) is 27.7. The molecule has 4 heterocycles. The molecule has 208 valence electrons. The van der Waals surface area contributed by atoms with Crippen molar-refractivity contribution in [1.29, 1.82) is 0 Å². The molecule has 0 unspecified atom stereocenters. The van der Waals surface area contributed by atoms with E-state index >= 15 is 4.39 Å². The fraction of sp³-hybridized carbons (Fsp3) is 0.654. The van der Waals surface area contributed by atoms with Crippen molar-refractivity contribution in [1.82, 2.24) is 19.8 Å². The van der Waals surface area contributed by atoms with Gasteiger partial charge < -0.3 is 19.3 Å². The van der Waals surface area contributed by atoms with Crippen molar-refractivity contribution < 1.29 is 23.0 Å². The van der Waals surface area contributed by atoms with Crippen LogP contribution in [0.15, 0.2) is 10.5 Å². The molecule has 0 spiro atoms. The van der Waals surface area contributed by atoms with Gasteiger partial charge in [-0.15, -0.1) is 0 Å². The Kier molecular flexibility index (Phi) is 7.71. The molecular weight excluding hydrogens is 675 g/mol. The maximum Gasteiger partial charge on any atom is 0.410 e. The Morgan fingerprint density at radius 3 is 2.82 bits per heavy atom. The van der Waals surface area contributed by atoms with Gasteiger partial charge in [0.05, 0.1) is 10.0 Å². The lowest BCUT2D eigenvalue weighted by Gasteiger charge is -2.31. The average Bonchev–Trinajstić information content (AvgIpc) is 3.54. The van der Waals surface area contributed by atoms with Gasteiger partial charge in [0, 0.05) is 48.1 Å². The number of alkyl halides is 1. The fourth-order valence-electron chi connectivity index (χ4n) is 5.84. The number of rotatable bonds is 5. The highest BCUT2D eigenvalue weighted by Gasteiger charge is 2.49. The third-order valence-corrected chi connectivity index (χ3v) is 10.1. The van der Waals surface area contributed by atoms with Crippen molar-refractivity contribution in [3.8, 4) is 6.01 Å². The second-order valence-electron chi connectivity index (χ2n) is 11.6. The lowest BCUT2D eigenvalue weighted by atomic mass is 9.95. The third-order valence-electron chi connectivity index (χ3n) is 7.71. The Hall–Kier alpha value is -1.54. The lowest BCUT2D eigenvalue weighted by Crippen LogP contribution is -2.43. The Bertz CT molecular complexity index is 1250. The molecule has 3 atom stereocenters. The SMILES string of the molecule is CN(c1nc(OC[C@@]23CCCN2C[C@H](F)C3)nc2c(F)c(Br)c(I)cc12)[C@@H]1CCN(C(=O)OC(C)(C)C)C1. The van der Waals surface area contributed by atoms with Crippen molar-refractivity contribution in [3.05, 3.63) is 19.9 Å². The van der Waals surface area contributed by atoms with Crippen LogP contribution in [0.25, 0.3) is 10.9 Å². The first-order chi connectivity index (χ1) is 17.9. The number of fused-ring (bicyclic) bond motifs is 2.